The van der Waals surface area contributed by atoms with Crippen molar-refractivity contribution >= 4 is 17.8 Å². The predicted molar refractivity (Wildman–Crippen MR) is 108 cm³/mol. The molecule has 1 aliphatic rings. The van der Waals surface area contributed by atoms with Crippen LogP contribution in [0.15, 0.2) is 4.99 Å². The van der Waals surface area contributed by atoms with Gasteiger partial charge in [0.05, 0.1) is 11.6 Å². The van der Waals surface area contributed by atoms with E-state index >= 15 is 0 Å². The smallest absolute Gasteiger partial charge is 0.242 e. The number of nitrogens with zero attached hydrogens (tertiary/aromatic N) is 3. The van der Waals surface area contributed by atoms with Crippen molar-refractivity contribution in [2.24, 2.45) is 16.5 Å². The molecule has 9 nitrogen and oxygen atoms in total. The van der Waals surface area contributed by atoms with E-state index in [1.165, 1.54) is 0 Å². The maximum Gasteiger partial charge on any atom is 0.242 e. The largest absolute Gasteiger partial charge is 0.357 e. The standard InChI is InChI=1S/C18H37N7O2/c1-5-21-17(22-6-2)23-9-7-8-14(19)15(26)24-10-12-25(13-11-24)16(27)18(3,4)20/h14H,5-13,19-20H2,1-4H3,(H2,21,22,23)/t14-/m0/s1. The number of aliphatic imine (C=N–C) groups is 1. The molecule has 156 valence electrons. The fourth-order valence-electron chi connectivity index (χ4n) is 2.91. The van der Waals surface area contributed by atoms with Crippen molar-refractivity contribution in [2.45, 2.75) is 52.1 Å². The first-order valence-corrected chi connectivity index (χ1v) is 9.85. The highest BCUT2D eigenvalue weighted by atomic mass is 16.2. The molecule has 0 bridgehead atoms. The number of hydrogen-bond acceptors (Lipinski definition) is 5. The zero-order valence-corrected chi connectivity index (χ0v) is 17.3. The molecule has 1 rings (SSSR count). The Morgan fingerprint density at radius 1 is 1.07 bits per heavy atom. The normalized spacial score (nSPS) is 15.9. The molecule has 6 N–H and O–H groups in total. The van der Waals surface area contributed by atoms with Gasteiger partial charge in [-0.2, -0.15) is 0 Å². The average Bonchev–Trinajstić information content (AvgIpc) is 2.63. The Bertz CT molecular complexity index is 500. The van der Waals surface area contributed by atoms with Gasteiger partial charge in [0.25, 0.3) is 0 Å². The number of hydrogen-bond donors (Lipinski definition) is 4. The first-order valence-electron chi connectivity index (χ1n) is 9.85. The predicted octanol–water partition coefficient (Wildman–Crippen LogP) is -0.923. The molecule has 0 spiro atoms. The summed E-state index contributed by atoms with van der Waals surface area (Å²) in [6.45, 7) is 11.6. The molecule has 2 amide bonds. The van der Waals surface area contributed by atoms with Crippen molar-refractivity contribution in [3.05, 3.63) is 0 Å². The summed E-state index contributed by atoms with van der Waals surface area (Å²) in [4.78, 5) is 32.6. The zero-order valence-electron chi connectivity index (χ0n) is 17.3. The fourth-order valence-corrected chi connectivity index (χ4v) is 2.91. The van der Waals surface area contributed by atoms with Crippen molar-refractivity contribution in [2.75, 3.05) is 45.8 Å². The van der Waals surface area contributed by atoms with E-state index in [2.05, 4.69) is 15.6 Å². The Morgan fingerprint density at radius 2 is 1.59 bits per heavy atom. The van der Waals surface area contributed by atoms with E-state index in [0.717, 1.165) is 25.5 Å². The Morgan fingerprint density at radius 3 is 2.07 bits per heavy atom. The zero-order chi connectivity index (χ0) is 20.4. The van der Waals surface area contributed by atoms with Crippen LogP contribution in [0.2, 0.25) is 0 Å². The lowest BCUT2D eigenvalue weighted by molar-refractivity contribution is -0.142. The van der Waals surface area contributed by atoms with Gasteiger partial charge in [-0.25, -0.2) is 0 Å². The van der Waals surface area contributed by atoms with Crippen molar-refractivity contribution in [1.82, 2.24) is 20.4 Å². The Hall–Kier alpha value is -1.87. The van der Waals surface area contributed by atoms with Crippen LogP contribution in [0.25, 0.3) is 0 Å². The molecule has 1 heterocycles. The molecule has 0 aromatic heterocycles. The minimum absolute atomic E-state index is 0.0586. The van der Waals surface area contributed by atoms with E-state index in [4.69, 9.17) is 11.5 Å². The highest BCUT2D eigenvalue weighted by molar-refractivity contribution is 5.86. The SMILES string of the molecule is CCNC(=NCCC[C@H](N)C(=O)N1CCN(C(=O)C(C)(C)N)CC1)NCC. The van der Waals surface area contributed by atoms with Gasteiger partial charge < -0.3 is 31.9 Å². The van der Waals surface area contributed by atoms with Gasteiger partial charge in [-0.3, -0.25) is 14.6 Å². The molecule has 1 saturated heterocycles. The van der Waals surface area contributed by atoms with Crippen molar-refractivity contribution in [3.63, 3.8) is 0 Å². The minimum atomic E-state index is -0.888. The van der Waals surface area contributed by atoms with Gasteiger partial charge in [0, 0.05) is 45.8 Å². The Kier molecular flexibility index (Phi) is 9.51. The van der Waals surface area contributed by atoms with Crippen LogP contribution in [0.5, 0.6) is 0 Å². The number of rotatable bonds is 8. The molecular weight excluding hydrogens is 346 g/mol. The molecule has 0 aliphatic carbocycles. The summed E-state index contributed by atoms with van der Waals surface area (Å²) in [6, 6.07) is -0.532. The van der Waals surface area contributed by atoms with Crippen LogP contribution >= 0.6 is 0 Å². The summed E-state index contributed by atoms with van der Waals surface area (Å²) < 4.78 is 0. The molecule has 0 aromatic carbocycles. The number of nitrogens with one attached hydrogen (secondary N) is 2. The third-order valence-corrected chi connectivity index (χ3v) is 4.38. The maximum atomic E-state index is 12.5. The van der Waals surface area contributed by atoms with Crippen molar-refractivity contribution in [3.8, 4) is 0 Å². The Labute approximate surface area is 162 Å². The summed E-state index contributed by atoms with van der Waals surface area (Å²) in [5, 5.41) is 6.32. The van der Waals surface area contributed by atoms with Crippen molar-refractivity contribution in [1.29, 1.82) is 0 Å². The molecule has 0 aromatic rings. The summed E-state index contributed by atoms with van der Waals surface area (Å²) in [6.07, 6.45) is 1.33. The second-order valence-corrected chi connectivity index (χ2v) is 7.38. The van der Waals surface area contributed by atoms with E-state index in [9.17, 15) is 9.59 Å². The third kappa shape index (κ3) is 7.72. The summed E-state index contributed by atoms with van der Waals surface area (Å²) >= 11 is 0. The highest BCUT2D eigenvalue weighted by Gasteiger charge is 2.32. The van der Waals surface area contributed by atoms with E-state index in [-0.39, 0.29) is 11.8 Å². The lowest BCUT2D eigenvalue weighted by atomic mass is 10.0. The second kappa shape index (κ2) is 11.1. The van der Waals surface area contributed by atoms with Gasteiger partial charge in [0.2, 0.25) is 11.8 Å². The minimum Gasteiger partial charge on any atom is -0.357 e. The van der Waals surface area contributed by atoms with Crippen LogP contribution in [0.1, 0.15) is 40.5 Å². The molecule has 27 heavy (non-hydrogen) atoms. The van der Waals surface area contributed by atoms with Crippen LogP contribution < -0.4 is 22.1 Å². The first kappa shape index (κ1) is 23.2. The quantitative estimate of drug-likeness (QED) is 0.244. The lowest BCUT2D eigenvalue weighted by Gasteiger charge is -2.38. The first-order chi connectivity index (χ1) is 12.7. The van der Waals surface area contributed by atoms with Crippen LogP contribution in [-0.2, 0) is 9.59 Å². The lowest BCUT2D eigenvalue weighted by Crippen LogP contribution is -2.59. The molecule has 1 aliphatic heterocycles. The number of amides is 2. The summed E-state index contributed by atoms with van der Waals surface area (Å²) in [7, 11) is 0. The highest BCUT2D eigenvalue weighted by Crippen LogP contribution is 2.10. The van der Waals surface area contributed by atoms with E-state index in [1.807, 2.05) is 13.8 Å². The van der Waals surface area contributed by atoms with E-state index in [0.29, 0.717) is 39.1 Å². The number of guanidine groups is 1. The van der Waals surface area contributed by atoms with Crippen LogP contribution in [0.4, 0.5) is 0 Å². The fraction of sp³-hybridized carbons (Fsp3) is 0.833. The summed E-state index contributed by atoms with van der Waals surface area (Å²) in [5.41, 5.74) is 11.1. The van der Waals surface area contributed by atoms with Gasteiger partial charge in [0.15, 0.2) is 5.96 Å². The van der Waals surface area contributed by atoms with Crippen LogP contribution in [0.3, 0.4) is 0 Å². The molecule has 0 saturated carbocycles. The second-order valence-electron chi connectivity index (χ2n) is 7.38. The monoisotopic (exact) mass is 383 g/mol. The molecule has 0 radical (unpaired) electrons. The number of carbonyl (C=O) groups is 2. The molecular formula is C18H37N7O2. The summed E-state index contributed by atoms with van der Waals surface area (Å²) in [5.74, 6) is 0.633. The van der Waals surface area contributed by atoms with Gasteiger partial charge in [-0.15, -0.1) is 0 Å². The van der Waals surface area contributed by atoms with Crippen LogP contribution in [0, 0.1) is 0 Å². The number of piperazine rings is 1. The molecule has 1 atom stereocenters. The maximum absolute atomic E-state index is 12.5. The van der Waals surface area contributed by atoms with E-state index in [1.54, 1.807) is 23.6 Å². The number of carbonyl (C=O) groups excluding carboxylic acids is 2. The third-order valence-electron chi connectivity index (χ3n) is 4.38. The van der Waals surface area contributed by atoms with Gasteiger partial charge in [-0.05, 0) is 40.5 Å². The van der Waals surface area contributed by atoms with Crippen molar-refractivity contribution < 1.29 is 9.59 Å². The van der Waals surface area contributed by atoms with Gasteiger partial charge in [0.1, 0.15) is 0 Å². The molecule has 1 fully saturated rings. The van der Waals surface area contributed by atoms with Gasteiger partial charge in [-0.1, -0.05) is 0 Å². The Balaban J connectivity index is 2.38. The molecule has 9 heteroatoms. The van der Waals surface area contributed by atoms with Crippen LogP contribution in [-0.4, -0.2) is 85.0 Å². The average molecular weight is 384 g/mol. The topological polar surface area (TPSA) is 129 Å². The van der Waals surface area contributed by atoms with E-state index < -0.39 is 11.6 Å². The molecule has 0 unspecified atom stereocenters. The number of nitrogens with two attached hydrogens (primary N) is 2. The van der Waals surface area contributed by atoms with Gasteiger partial charge >= 0.3 is 0 Å².